The van der Waals surface area contributed by atoms with Gasteiger partial charge in [-0.05, 0) is 113 Å². The molecule has 3 aromatic carbocycles. The minimum Gasteiger partial charge on any atom is -0.492 e. The molecule has 6 nitrogen and oxygen atoms in total. The van der Waals surface area contributed by atoms with Crippen LogP contribution in [0, 0.1) is 5.82 Å². The van der Waals surface area contributed by atoms with Gasteiger partial charge in [0, 0.05) is 24.5 Å². The minimum absolute atomic E-state index is 0. The third-order valence-electron chi connectivity index (χ3n) is 7.74. The van der Waals surface area contributed by atoms with E-state index in [0.717, 1.165) is 45.0 Å². The van der Waals surface area contributed by atoms with Gasteiger partial charge in [0.25, 0.3) is 5.91 Å². The Kier molecular flexibility index (Phi) is 13.9. The third-order valence-corrected chi connectivity index (χ3v) is 7.74. The zero-order chi connectivity index (χ0) is 27.6. The van der Waals surface area contributed by atoms with Crippen LogP contribution in [0.15, 0.2) is 72.8 Å². The van der Waals surface area contributed by atoms with Gasteiger partial charge in [-0.1, -0.05) is 25.0 Å². The van der Waals surface area contributed by atoms with Crippen molar-refractivity contribution in [2.75, 3.05) is 57.4 Å². The molecule has 2 heterocycles. The number of rotatable bonds is 11. The molecule has 3 aromatic rings. The quantitative estimate of drug-likeness (QED) is 0.225. The van der Waals surface area contributed by atoms with Crippen LogP contribution in [0.3, 0.4) is 0 Å². The van der Waals surface area contributed by atoms with Crippen molar-refractivity contribution in [3.8, 4) is 11.5 Å². The van der Waals surface area contributed by atoms with Crippen molar-refractivity contribution in [2.24, 2.45) is 0 Å². The molecular weight excluding hydrogens is 576 g/mol. The first-order chi connectivity index (χ1) is 19.7. The van der Waals surface area contributed by atoms with Crippen LogP contribution in [0.25, 0.3) is 0 Å². The number of halogens is 3. The van der Waals surface area contributed by atoms with E-state index in [4.69, 9.17) is 9.47 Å². The van der Waals surface area contributed by atoms with E-state index in [0.29, 0.717) is 35.9 Å². The van der Waals surface area contributed by atoms with Crippen molar-refractivity contribution in [3.63, 3.8) is 0 Å². The number of para-hydroxylation sites is 1. The van der Waals surface area contributed by atoms with Crippen molar-refractivity contribution in [1.29, 1.82) is 0 Å². The Bertz CT molecular complexity index is 1220. The molecule has 42 heavy (non-hydrogen) atoms. The summed E-state index contributed by atoms with van der Waals surface area (Å²) in [5, 5.41) is 0. The van der Waals surface area contributed by atoms with E-state index in [-0.39, 0.29) is 36.5 Å². The third kappa shape index (κ3) is 9.33. The van der Waals surface area contributed by atoms with Gasteiger partial charge in [0.05, 0.1) is 5.56 Å². The number of nitrogens with zero attached hydrogens (tertiary/aromatic N) is 3. The fourth-order valence-electron chi connectivity index (χ4n) is 5.50. The van der Waals surface area contributed by atoms with Crippen LogP contribution in [0.4, 0.5) is 15.8 Å². The highest BCUT2D eigenvalue weighted by Crippen LogP contribution is 2.32. The van der Waals surface area contributed by atoms with Crippen molar-refractivity contribution >= 4 is 42.1 Å². The number of hydrogen-bond donors (Lipinski definition) is 0. The second kappa shape index (κ2) is 17.3. The van der Waals surface area contributed by atoms with Gasteiger partial charge in [-0.3, -0.25) is 19.5 Å². The van der Waals surface area contributed by atoms with Gasteiger partial charge >= 0.3 is 0 Å². The molecule has 2 fully saturated rings. The molecule has 0 N–H and O–H groups in total. The van der Waals surface area contributed by atoms with Crippen LogP contribution >= 0.6 is 24.8 Å². The second-order valence-electron chi connectivity index (χ2n) is 10.6. The van der Waals surface area contributed by atoms with Crippen LogP contribution in [0.2, 0.25) is 0 Å². The lowest BCUT2D eigenvalue weighted by Crippen LogP contribution is -2.33. The predicted octanol–water partition coefficient (Wildman–Crippen LogP) is 7.38. The number of ether oxygens (including phenoxy) is 2. The van der Waals surface area contributed by atoms with Crippen molar-refractivity contribution in [3.05, 3.63) is 84.2 Å². The lowest BCUT2D eigenvalue weighted by Gasteiger charge is -2.27. The fourth-order valence-corrected chi connectivity index (χ4v) is 5.50. The van der Waals surface area contributed by atoms with E-state index in [1.54, 1.807) is 23.1 Å². The maximum atomic E-state index is 14.1. The van der Waals surface area contributed by atoms with E-state index < -0.39 is 0 Å². The molecule has 2 saturated heterocycles. The molecule has 0 unspecified atom stereocenters. The lowest BCUT2D eigenvalue weighted by atomic mass is 10.1. The molecule has 9 heteroatoms. The van der Waals surface area contributed by atoms with Gasteiger partial charge in [0.2, 0.25) is 0 Å². The van der Waals surface area contributed by atoms with Gasteiger partial charge in [-0.15, -0.1) is 24.8 Å². The molecule has 228 valence electrons. The monoisotopic (exact) mass is 617 g/mol. The molecule has 2 aliphatic rings. The summed E-state index contributed by atoms with van der Waals surface area (Å²) in [6.07, 6.45) is 7.58. The summed E-state index contributed by atoms with van der Waals surface area (Å²) in [5.74, 6) is 0.719. The summed E-state index contributed by atoms with van der Waals surface area (Å²) in [6.45, 7) is 7.37. The Morgan fingerprint density at radius 1 is 0.667 bits per heavy atom. The molecule has 0 bridgehead atoms. The molecule has 2 aliphatic heterocycles. The topological polar surface area (TPSA) is 45.3 Å². The zero-order valence-corrected chi connectivity index (χ0v) is 25.7. The number of hydrogen-bond acceptors (Lipinski definition) is 5. The average molecular weight is 619 g/mol. The number of carbonyl (C=O) groups excluding carboxylic acids is 1. The van der Waals surface area contributed by atoms with Crippen LogP contribution in [0.1, 0.15) is 48.9 Å². The average Bonchev–Trinajstić information content (AvgIpc) is 3.00. The molecule has 0 saturated carbocycles. The number of benzene rings is 3. The van der Waals surface area contributed by atoms with Crippen molar-refractivity contribution in [1.82, 2.24) is 9.80 Å². The Balaban J connectivity index is 0.00000242. The van der Waals surface area contributed by atoms with E-state index >= 15 is 0 Å². The maximum Gasteiger partial charge on any atom is 0.266 e. The Morgan fingerprint density at radius 3 is 1.74 bits per heavy atom. The highest BCUT2D eigenvalue weighted by Gasteiger charge is 2.23. The molecule has 5 rings (SSSR count). The van der Waals surface area contributed by atoms with Crippen LogP contribution in [-0.4, -0.2) is 68.2 Å². The Labute approximate surface area is 261 Å². The first-order valence-corrected chi connectivity index (χ1v) is 14.7. The first-order valence-electron chi connectivity index (χ1n) is 14.7. The highest BCUT2D eigenvalue weighted by atomic mass is 35.5. The van der Waals surface area contributed by atoms with E-state index in [1.165, 1.54) is 50.7 Å². The van der Waals surface area contributed by atoms with E-state index in [9.17, 15) is 9.18 Å². The van der Waals surface area contributed by atoms with Gasteiger partial charge in [-0.25, -0.2) is 4.39 Å². The van der Waals surface area contributed by atoms with Gasteiger partial charge in [0.1, 0.15) is 30.5 Å². The van der Waals surface area contributed by atoms with Gasteiger partial charge in [0.15, 0.2) is 0 Å². The number of amides is 1. The maximum absolute atomic E-state index is 14.1. The molecule has 1 amide bonds. The molecule has 0 aromatic heterocycles. The van der Waals surface area contributed by atoms with Crippen molar-refractivity contribution in [2.45, 2.75) is 38.5 Å². The number of anilines is 2. The normalized spacial score (nSPS) is 15.6. The summed E-state index contributed by atoms with van der Waals surface area (Å²) in [7, 11) is 0. The largest absolute Gasteiger partial charge is 0.492 e. The molecule has 0 atom stereocenters. The van der Waals surface area contributed by atoms with Crippen LogP contribution < -0.4 is 14.4 Å². The molecular formula is C33H42Cl2FN3O3. The highest BCUT2D eigenvalue weighted by molar-refractivity contribution is 6.12. The molecule has 0 aliphatic carbocycles. The fraction of sp³-hybridized carbons (Fsp3) is 0.424. The van der Waals surface area contributed by atoms with E-state index in [2.05, 4.69) is 9.80 Å². The summed E-state index contributed by atoms with van der Waals surface area (Å²) in [4.78, 5) is 20.5. The smallest absolute Gasteiger partial charge is 0.266 e. The zero-order valence-electron chi connectivity index (χ0n) is 24.1. The molecule has 0 spiro atoms. The summed E-state index contributed by atoms with van der Waals surface area (Å²) in [5.41, 5.74) is 1.71. The summed E-state index contributed by atoms with van der Waals surface area (Å²) in [6, 6.07) is 20.8. The first kappa shape index (κ1) is 33.7. The van der Waals surface area contributed by atoms with Gasteiger partial charge < -0.3 is 9.47 Å². The standard InChI is InChI=1S/C33H40FN3O3.2ClH/c34-27-11-13-28(14-12-27)37(29-15-17-30(18-16-29)39-25-23-35-19-5-1-6-20-35)33(38)31-9-3-4-10-32(31)40-26-24-36-21-7-2-8-22-36;;/h3-4,9-18H,1-2,5-8,19-26H2;2*1H. The van der Waals surface area contributed by atoms with Crippen LogP contribution in [-0.2, 0) is 0 Å². The number of piperidine rings is 2. The Hall–Kier alpha value is -2.84. The van der Waals surface area contributed by atoms with Crippen LogP contribution in [0.5, 0.6) is 11.5 Å². The molecule has 0 radical (unpaired) electrons. The Morgan fingerprint density at radius 2 is 1.17 bits per heavy atom. The SMILES string of the molecule is Cl.Cl.O=C(c1ccccc1OCCN1CCCCC1)N(c1ccc(F)cc1)c1ccc(OCCN2CCCCC2)cc1. The number of likely N-dealkylation sites (tertiary alicyclic amines) is 2. The van der Waals surface area contributed by atoms with Crippen molar-refractivity contribution < 1.29 is 18.7 Å². The van der Waals surface area contributed by atoms with E-state index in [1.807, 2.05) is 42.5 Å². The second-order valence-corrected chi connectivity index (χ2v) is 10.6. The minimum atomic E-state index is -0.352. The van der Waals surface area contributed by atoms with Gasteiger partial charge in [-0.2, -0.15) is 0 Å². The summed E-state index contributed by atoms with van der Waals surface area (Å²) >= 11 is 0. The number of carbonyl (C=O) groups is 1. The summed E-state index contributed by atoms with van der Waals surface area (Å²) < 4.78 is 25.9. The lowest BCUT2D eigenvalue weighted by molar-refractivity contribution is 0.0994. The predicted molar refractivity (Wildman–Crippen MR) is 172 cm³/mol.